The van der Waals surface area contributed by atoms with Gasteiger partial charge in [-0.15, -0.1) is 0 Å². The van der Waals surface area contributed by atoms with E-state index in [2.05, 4.69) is 4.99 Å². The largest absolute Gasteiger partial charge is 0.493 e. The number of benzene rings is 2. The van der Waals surface area contributed by atoms with E-state index in [1.54, 1.807) is 38.5 Å². The Morgan fingerprint density at radius 2 is 1.77 bits per heavy atom. The number of hydrogen-bond acceptors (Lipinski definition) is 5. The maximum Gasteiger partial charge on any atom is 0.363 e. The molecule has 2 aromatic rings. The van der Waals surface area contributed by atoms with E-state index < -0.39 is 5.97 Å². The van der Waals surface area contributed by atoms with Crippen LogP contribution in [0.5, 0.6) is 11.5 Å². The van der Waals surface area contributed by atoms with Crippen LogP contribution in [0.15, 0.2) is 70.9 Å². The van der Waals surface area contributed by atoms with E-state index in [0.717, 1.165) is 11.1 Å². The molecule has 3 rings (SSSR count). The van der Waals surface area contributed by atoms with Gasteiger partial charge in [0.05, 0.1) is 14.2 Å². The van der Waals surface area contributed by atoms with Gasteiger partial charge in [0.2, 0.25) is 5.90 Å². The Morgan fingerprint density at radius 1 is 1.04 bits per heavy atom. The molecule has 0 bridgehead atoms. The first-order valence-corrected chi connectivity index (χ1v) is 8.09. The number of carbonyl (C=O) groups is 1. The fraction of sp³-hybridized carbons (Fsp3) is 0.143. The highest BCUT2D eigenvalue weighted by Gasteiger charge is 2.24. The maximum atomic E-state index is 12.1. The predicted octanol–water partition coefficient (Wildman–Crippen LogP) is 3.99. The molecule has 0 N–H and O–H groups in total. The van der Waals surface area contributed by atoms with Crippen LogP contribution < -0.4 is 9.47 Å². The number of ether oxygens (including phenoxy) is 3. The van der Waals surface area contributed by atoms with Gasteiger partial charge in [0, 0.05) is 5.56 Å². The number of nitrogens with zero attached hydrogens (tertiary/aromatic N) is 1. The van der Waals surface area contributed by atoms with Gasteiger partial charge >= 0.3 is 5.97 Å². The first-order valence-electron chi connectivity index (χ1n) is 8.09. The normalized spacial score (nSPS) is 15.7. The molecular formula is C21H19NO4. The van der Waals surface area contributed by atoms with Gasteiger partial charge in [-0.25, -0.2) is 9.79 Å². The zero-order chi connectivity index (χ0) is 18.5. The molecule has 1 aliphatic heterocycles. The van der Waals surface area contributed by atoms with Crippen molar-refractivity contribution in [1.82, 2.24) is 0 Å². The molecule has 1 aliphatic rings. The van der Waals surface area contributed by atoms with Crippen molar-refractivity contribution in [3.05, 3.63) is 77.0 Å². The molecule has 0 amide bonds. The van der Waals surface area contributed by atoms with E-state index >= 15 is 0 Å². The van der Waals surface area contributed by atoms with E-state index in [4.69, 9.17) is 14.2 Å². The highest BCUT2D eigenvalue weighted by Crippen LogP contribution is 2.29. The molecule has 5 nitrogen and oxygen atoms in total. The van der Waals surface area contributed by atoms with Gasteiger partial charge in [0.15, 0.2) is 17.2 Å². The standard InChI is InChI=1S/C21H19NO4/c1-14(11-15-7-5-4-6-8-15)12-17-21(23)26-20(22-17)16-9-10-18(24-2)19(13-16)25-3/h4-13H,1-3H3/b14-11-,17-12+. The fourth-order valence-electron chi connectivity index (χ4n) is 2.57. The van der Waals surface area contributed by atoms with Gasteiger partial charge in [-0.2, -0.15) is 0 Å². The van der Waals surface area contributed by atoms with Crippen molar-refractivity contribution in [3.8, 4) is 11.5 Å². The van der Waals surface area contributed by atoms with E-state index in [-0.39, 0.29) is 11.6 Å². The van der Waals surface area contributed by atoms with Crippen molar-refractivity contribution in [1.29, 1.82) is 0 Å². The lowest BCUT2D eigenvalue weighted by atomic mass is 10.1. The van der Waals surface area contributed by atoms with Crippen LogP contribution in [0.2, 0.25) is 0 Å². The number of aliphatic imine (C=N–C) groups is 1. The summed E-state index contributed by atoms with van der Waals surface area (Å²) in [6.07, 6.45) is 3.69. The first kappa shape index (κ1) is 17.5. The summed E-state index contributed by atoms with van der Waals surface area (Å²) in [5.41, 5.74) is 2.86. The smallest absolute Gasteiger partial charge is 0.363 e. The molecule has 132 valence electrons. The molecule has 1 heterocycles. The van der Waals surface area contributed by atoms with Crippen LogP contribution in [-0.4, -0.2) is 26.1 Å². The number of hydrogen-bond donors (Lipinski definition) is 0. The van der Waals surface area contributed by atoms with Crippen molar-refractivity contribution in [2.24, 2.45) is 4.99 Å². The minimum atomic E-state index is -0.476. The Labute approximate surface area is 152 Å². The second-order valence-corrected chi connectivity index (χ2v) is 5.70. The van der Waals surface area contributed by atoms with Gasteiger partial charge in [0.25, 0.3) is 0 Å². The van der Waals surface area contributed by atoms with Gasteiger partial charge in [-0.1, -0.05) is 36.4 Å². The molecule has 0 atom stereocenters. The van der Waals surface area contributed by atoms with Crippen molar-refractivity contribution < 1.29 is 19.0 Å². The molecular weight excluding hydrogens is 330 g/mol. The topological polar surface area (TPSA) is 57.1 Å². The number of rotatable bonds is 5. The summed E-state index contributed by atoms with van der Waals surface area (Å²) in [6, 6.07) is 15.1. The van der Waals surface area contributed by atoms with Gasteiger partial charge in [-0.05, 0) is 42.3 Å². The summed E-state index contributed by atoms with van der Waals surface area (Å²) in [5.74, 6) is 0.908. The van der Waals surface area contributed by atoms with Crippen molar-refractivity contribution in [3.63, 3.8) is 0 Å². The van der Waals surface area contributed by atoms with E-state index in [1.165, 1.54) is 0 Å². The maximum absolute atomic E-state index is 12.1. The Morgan fingerprint density at radius 3 is 2.46 bits per heavy atom. The van der Waals surface area contributed by atoms with Crippen LogP contribution in [0, 0.1) is 0 Å². The molecule has 0 aromatic heterocycles. The van der Waals surface area contributed by atoms with Crippen molar-refractivity contribution in [2.75, 3.05) is 14.2 Å². The summed E-state index contributed by atoms with van der Waals surface area (Å²) < 4.78 is 15.8. The highest BCUT2D eigenvalue weighted by molar-refractivity contribution is 6.11. The summed E-state index contributed by atoms with van der Waals surface area (Å²) in [6.45, 7) is 1.91. The zero-order valence-corrected chi connectivity index (χ0v) is 14.9. The van der Waals surface area contributed by atoms with Crippen LogP contribution in [0.3, 0.4) is 0 Å². The molecule has 0 fully saturated rings. The Balaban J connectivity index is 1.88. The first-order chi connectivity index (χ1) is 12.6. The van der Waals surface area contributed by atoms with Crippen LogP contribution in [0.1, 0.15) is 18.1 Å². The Kier molecular flexibility index (Phi) is 5.17. The number of methoxy groups -OCH3 is 2. The van der Waals surface area contributed by atoms with Crippen molar-refractivity contribution >= 4 is 17.9 Å². The second kappa shape index (κ2) is 7.70. The third-order valence-electron chi connectivity index (χ3n) is 3.81. The minimum Gasteiger partial charge on any atom is -0.493 e. The van der Waals surface area contributed by atoms with Gasteiger partial charge < -0.3 is 14.2 Å². The molecule has 0 saturated heterocycles. The molecule has 2 aromatic carbocycles. The molecule has 0 radical (unpaired) electrons. The fourth-order valence-corrected chi connectivity index (χ4v) is 2.57. The lowest BCUT2D eigenvalue weighted by molar-refractivity contribution is -0.130. The molecule has 0 saturated carbocycles. The van der Waals surface area contributed by atoms with E-state index in [0.29, 0.717) is 17.1 Å². The van der Waals surface area contributed by atoms with Gasteiger partial charge in [0.1, 0.15) is 0 Å². The number of esters is 1. The zero-order valence-electron chi connectivity index (χ0n) is 14.9. The third-order valence-corrected chi connectivity index (χ3v) is 3.81. The van der Waals surface area contributed by atoms with E-state index in [1.807, 2.05) is 43.3 Å². The number of carbonyl (C=O) groups excluding carboxylic acids is 1. The molecule has 5 heteroatoms. The Hall–Kier alpha value is -3.34. The Bertz CT molecular complexity index is 911. The molecule has 0 unspecified atom stereocenters. The summed E-state index contributed by atoms with van der Waals surface area (Å²) in [7, 11) is 3.11. The second-order valence-electron chi connectivity index (χ2n) is 5.70. The molecule has 0 spiro atoms. The molecule has 26 heavy (non-hydrogen) atoms. The SMILES string of the molecule is COc1ccc(C2=N/C(=C/C(C)=C\c3ccccc3)C(=O)O2)cc1OC. The highest BCUT2D eigenvalue weighted by atomic mass is 16.6. The average Bonchev–Trinajstić information content (AvgIpc) is 3.02. The molecule has 0 aliphatic carbocycles. The lowest BCUT2D eigenvalue weighted by Gasteiger charge is -2.08. The third kappa shape index (κ3) is 3.83. The number of cyclic esters (lactones) is 1. The summed E-state index contributed by atoms with van der Waals surface area (Å²) in [4.78, 5) is 16.5. The predicted molar refractivity (Wildman–Crippen MR) is 100 cm³/mol. The van der Waals surface area contributed by atoms with Crippen molar-refractivity contribution in [2.45, 2.75) is 6.92 Å². The van der Waals surface area contributed by atoms with Crippen LogP contribution >= 0.6 is 0 Å². The summed E-state index contributed by atoms with van der Waals surface area (Å²) in [5, 5.41) is 0. The quantitative estimate of drug-likeness (QED) is 0.605. The average molecular weight is 349 g/mol. The lowest BCUT2D eigenvalue weighted by Crippen LogP contribution is -2.06. The monoisotopic (exact) mass is 349 g/mol. The van der Waals surface area contributed by atoms with Crippen LogP contribution in [0.4, 0.5) is 0 Å². The van der Waals surface area contributed by atoms with E-state index in [9.17, 15) is 4.79 Å². The summed E-state index contributed by atoms with van der Waals surface area (Å²) >= 11 is 0. The minimum absolute atomic E-state index is 0.245. The van der Waals surface area contributed by atoms with Crippen LogP contribution in [0.25, 0.3) is 6.08 Å². The number of allylic oxidation sites excluding steroid dienone is 2. The van der Waals surface area contributed by atoms with Gasteiger partial charge in [-0.3, -0.25) is 0 Å². The van der Waals surface area contributed by atoms with Crippen LogP contribution in [-0.2, 0) is 9.53 Å².